The summed E-state index contributed by atoms with van der Waals surface area (Å²) in [6.45, 7) is -0.884. The molecule has 0 spiro atoms. The van der Waals surface area contributed by atoms with Crippen LogP contribution in [0.4, 0.5) is 0 Å². The molecule has 2 atom stereocenters. The van der Waals surface area contributed by atoms with Crippen molar-refractivity contribution in [3.8, 4) is 0 Å². The van der Waals surface area contributed by atoms with E-state index in [0.29, 0.717) is 5.56 Å². The number of hydrogen-bond donors (Lipinski definition) is 3. The van der Waals surface area contributed by atoms with Gasteiger partial charge in [-0.2, -0.15) is 8.42 Å². The van der Waals surface area contributed by atoms with Gasteiger partial charge in [0.05, 0.1) is 6.61 Å². The van der Waals surface area contributed by atoms with E-state index in [2.05, 4.69) is 0 Å². The molecule has 0 aromatic heterocycles. The Hall–Kier alpha value is -2.06. The van der Waals surface area contributed by atoms with Gasteiger partial charge in [0.2, 0.25) is 0 Å². The molecular weight excluding hydrogens is 320 g/mol. The maximum Gasteiger partial charge on any atom is 0.274 e. The van der Waals surface area contributed by atoms with Gasteiger partial charge >= 0.3 is 0 Å². The van der Waals surface area contributed by atoms with Gasteiger partial charge in [-0.1, -0.05) is 54.6 Å². The van der Waals surface area contributed by atoms with Crippen LogP contribution in [0.2, 0.25) is 0 Å². The van der Waals surface area contributed by atoms with Crippen molar-refractivity contribution in [1.82, 2.24) is 0 Å². The first-order valence-electron chi connectivity index (χ1n) is 6.79. The van der Waals surface area contributed by atoms with Crippen LogP contribution in [0.5, 0.6) is 0 Å². The zero-order valence-electron chi connectivity index (χ0n) is 12.0. The summed E-state index contributed by atoms with van der Waals surface area (Å²) >= 11 is 0. The maximum atomic E-state index is 12.5. The smallest absolute Gasteiger partial charge is 0.274 e. The van der Waals surface area contributed by atoms with Crippen LogP contribution < -0.4 is 0 Å². The van der Waals surface area contributed by atoms with Crippen LogP contribution in [0, 0.1) is 0 Å². The van der Waals surface area contributed by atoms with E-state index in [-0.39, 0.29) is 11.1 Å². The van der Waals surface area contributed by atoms with E-state index in [1.165, 1.54) is 24.3 Å². The van der Waals surface area contributed by atoms with E-state index in [1.807, 2.05) is 0 Å². The molecule has 3 N–H and O–H groups in total. The molecule has 6 nitrogen and oxygen atoms in total. The van der Waals surface area contributed by atoms with E-state index >= 15 is 0 Å². The second-order valence-electron chi connectivity index (χ2n) is 4.95. The molecule has 0 fully saturated rings. The molecule has 0 radical (unpaired) electrons. The predicted molar refractivity (Wildman–Crippen MR) is 83.5 cm³/mol. The van der Waals surface area contributed by atoms with Crippen molar-refractivity contribution in [2.24, 2.45) is 0 Å². The summed E-state index contributed by atoms with van der Waals surface area (Å²) in [5.74, 6) is -0.714. The molecule has 2 unspecified atom stereocenters. The average molecular weight is 336 g/mol. The first kappa shape index (κ1) is 17.3. The Balaban J connectivity index is 2.46. The summed E-state index contributed by atoms with van der Waals surface area (Å²) in [5, 5.41) is 17.8. The second kappa shape index (κ2) is 7.01. The molecule has 7 heteroatoms. The standard InChI is InChI=1S/C16H16O6S/c17-10-14(23(20,21)22)12-8-4-5-9-13(12)16(19)15(18)11-6-2-1-3-7-11/h1-9,14-15,17-18H,10H2,(H,20,21,22). The Bertz CT molecular complexity index is 785. The lowest BCUT2D eigenvalue weighted by Crippen LogP contribution is -2.21. The van der Waals surface area contributed by atoms with Gasteiger partial charge in [0.1, 0.15) is 11.4 Å². The highest BCUT2D eigenvalue weighted by atomic mass is 32.2. The molecule has 23 heavy (non-hydrogen) atoms. The zero-order valence-corrected chi connectivity index (χ0v) is 12.8. The van der Waals surface area contributed by atoms with Crippen LogP contribution in [-0.4, -0.2) is 35.6 Å². The van der Waals surface area contributed by atoms with Gasteiger partial charge in [0.15, 0.2) is 5.78 Å². The second-order valence-corrected chi connectivity index (χ2v) is 6.55. The van der Waals surface area contributed by atoms with E-state index in [9.17, 15) is 28.0 Å². The number of benzene rings is 2. The maximum absolute atomic E-state index is 12.5. The topological polar surface area (TPSA) is 112 Å². The van der Waals surface area contributed by atoms with Crippen LogP contribution in [0.15, 0.2) is 54.6 Å². The van der Waals surface area contributed by atoms with E-state index in [0.717, 1.165) is 0 Å². The minimum absolute atomic E-state index is 0.0579. The molecule has 2 rings (SSSR count). The highest BCUT2D eigenvalue weighted by Gasteiger charge is 2.30. The summed E-state index contributed by atoms with van der Waals surface area (Å²) in [4.78, 5) is 12.5. The number of aliphatic hydroxyl groups is 2. The first-order valence-corrected chi connectivity index (χ1v) is 8.30. The summed E-state index contributed by atoms with van der Waals surface area (Å²) in [7, 11) is -4.60. The quantitative estimate of drug-likeness (QED) is 0.545. The van der Waals surface area contributed by atoms with Gasteiger partial charge in [0, 0.05) is 5.56 Å². The van der Waals surface area contributed by atoms with Gasteiger partial charge in [-0.3, -0.25) is 9.35 Å². The molecule has 0 aliphatic heterocycles. The molecular formula is C16H16O6S. The first-order chi connectivity index (χ1) is 10.9. The number of ketones is 1. The Morgan fingerprint density at radius 1 is 1.00 bits per heavy atom. The normalized spacial score (nSPS) is 14.2. The van der Waals surface area contributed by atoms with Crippen LogP contribution >= 0.6 is 0 Å². The van der Waals surface area contributed by atoms with E-state index < -0.39 is 33.9 Å². The number of rotatable bonds is 6. The molecule has 122 valence electrons. The van der Waals surface area contributed by atoms with Crippen LogP contribution in [0.25, 0.3) is 0 Å². The fraction of sp³-hybridized carbons (Fsp3) is 0.188. The predicted octanol–water partition coefficient (Wildman–Crippen LogP) is 1.52. The molecule has 0 saturated heterocycles. The van der Waals surface area contributed by atoms with E-state index in [1.54, 1.807) is 30.3 Å². The van der Waals surface area contributed by atoms with E-state index in [4.69, 9.17) is 0 Å². The molecule has 2 aromatic carbocycles. The number of aliphatic hydroxyl groups excluding tert-OH is 2. The summed E-state index contributed by atoms with van der Waals surface area (Å²) in [5.41, 5.74) is 0.234. The monoisotopic (exact) mass is 336 g/mol. The molecule has 2 aromatic rings. The third kappa shape index (κ3) is 3.83. The highest BCUT2D eigenvalue weighted by molar-refractivity contribution is 7.86. The van der Waals surface area contributed by atoms with Gasteiger partial charge in [-0.15, -0.1) is 0 Å². The lowest BCUT2D eigenvalue weighted by molar-refractivity contribution is 0.0746. The minimum Gasteiger partial charge on any atom is -0.395 e. The van der Waals surface area contributed by atoms with Crippen LogP contribution in [-0.2, 0) is 10.1 Å². The molecule has 0 bridgehead atoms. The third-order valence-corrected chi connectivity index (χ3v) is 4.58. The van der Waals surface area contributed by atoms with Crippen LogP contribution in [0.1, 0.15) is 32.8 Å². The largest absolute Gasteiger partial charge is 0.395 e. The number of hydrogen-bond acceptors (Lipinski definition) is 5. The number of carbonyl (C=O) groups excluding carboxylic acids is 1. The molecule has 0 saturated carbocycles. The molecule has 0 aliphatic carbocycles. The fourth-order valence-electron chi connectivity index (χ4n) is 2.29. The molecule has 0 aliphatic rings. The van der Waals surface area contributed by atoms with Gasteiger partial charge in [-0.25, -0.2) is 0 Å². The average Bonchev–Trinajstić information content (AvgIpc) is 2.54. The number of Topliss-reactive ketones (excluding diaryl/α,β-unsaturated/α-hetero) is 1. The van der Waals surface area contributed by atoms with Gasteiger partial charge < -0.3 is 10.2 Å². The lowest BCUT2D eigenvalue weighted by atomic mass is 9.95. The molecule has 0 amide bonds. The highest BCUT2D eigenvalue weighted by Crippen LogP contribution is 2.28. The minimum atomic E-state index is -4.60. The Morgan fingerprint density at radius 3 is 2.13 bits per heavy atom. The Kier molecular flexibility index (Phi) is 5.27. The number of carbonyl (C=O) groups is 1. The lowest BCUT2D eigenvalue weighted by Gasteiger charge is -2.17. The van der Waals surface area contributed by atoms with Crippen molar-refractivity contribution in [2.75, 3.05) is 6.61 Å². The third-order valence-electron chi connectivity index (χ3n) is 3.46. The van der Waals surface area contributed by atoms with Crippen molar-refractivity contribution in [1.29, 1.82) is 0 Å². The Morgan fingerprint density at radius 2 is 1.57 bits per heavy atom. The van der Waals surface area contributed by atoms with Gasteiger partial charge in [0.25, 0.3) is 10.1 Å². The van der Waals surface area contributed by atoms with Crippen molar-refractivity contribution >= 4 is 15.9 Å². The van der Waals surface area contributed by atoms with Crippen LogP contribution in [0.3, 0.4) is 0 Å². The molecule has 0 heterocycles. The van der Waals surface area contributed by atoms with Crippen molar-refractivity contribution in [3.63, 3.8) is 0 Å². The van der Waals surface area contributed by atoms with Crippen molar-refractivity contribution < 1.29 is 28.0 Å². The van der Waals surface area contributed by atoms with Crippen molar-refractivity contribution in [2.45, 2.75) is 11.4 Å². The zero-order chi connectivity index (χ0) is 17.0. The van der Waals surface area contributed by atoms with Crippen molar-refractivity contribution in [3.05, 3.63) is 71.3 Å². The summed E-state index contributed by atoms with van der Waals surface area (Å²) < 4.78 is 32.0. The van der Waals surface area contributed by atoms with Gasteiger partial charge in [-0.05, 0) is 11.1 Å². The fourth-order valence-corrected chi connectivity index (χ4v) is 3.00. The Labute approximate surface area is 133 Å². The summed E-state index contributed by atoms with van der Waals surface area (Å²) in [6.07, 6.45) is -1.47. The summed E-state index contributed by atoms with van der Waals surface area (Å²) in [6, 6.07) is 13.8. The SMILES string of the molecule is O=C(c1ccccc1C(CO)S(=O)(=O)O)C(O)c1ccccc1.